The maximum atomic E-state index is 10.2. The summed E-state index contributed by atoms with van der Waals surface area (Å²) in [5, 5.41) is 14.4. The van der Waals surface area contributed by atoms with Crippen LogP contribution in [0.5, 0.6) is 0 Å². The van der Waals surface area contributed by atoms with Crippen LogP contribution in [0.3, 0.4) is 0 Å². The van der Waals surface area contributed by atoms with Crippen LogP contribution in [0.15, 0.2) is 30.3 Å². The zero-order valence-electron chi connectivity index (χ0n) is 11.3. The van der Waals surface area contributed by atoms with E-state index in [0.717, 1.165) is 11.4 Å². The van der Waals surface area contributed by atoms with E-state index < -0.39 is 6.10 Å². The Kier molecular flexibility index (Phi) is 4.29. The number of hydrogen-bond donors (Lipinski definition) is 2. The number of nitrogens with two attached hydrogens (primary N) is 1. The van der Waals surface area contributed by atoms with E-state index >= 15 is 0 Å². The molecule has 5 nitrogen and oxygen atoms in total. The highest BCUT2D eigenvalue weighted by molar-refractivity contribution is 5.16. The van der Waals surface area contributed by atoms with Crippen LogP contribution in [-0.2, 0) is 13.0 Å². The lowest BCUT2D eigenvalue weighted by atomic mass is 10.0. The predicted molar refractivity (Wildman–Crippen MR) is 73.6 cm³/mol. The third-order valence-corrected chi connectivity index (χ3v) is 3.13. The van der Waals surface area contributed by atoms with Gasteiger partial charge in [0.1, 0.15) is 11.6 Å². The van der Waals surface area contributed by atoms with Crippen molar-refractivity contribution in [3.05, 3.63) is 47.5 Å². The normalized spacial score (nSPS) is 14.3. The third kappa shape index (κ3) is 3.62. The standard InChI is InChI=1S/C14H20N4O/c1-10-16-11(2)18(17-10)9-14(19)13(15)8-12-6-4-3-5-7-12/h3-7,13-14,19H,8-9,15H2,1-2H3. The Hall–Kier alpha value is -1.72. The zero-order chi connectivity index (χ0) is 13.8. The average molecular weight is 260 g/mol. The van der Waals surface area contributed by atoms with Gasteiger partial charge in [-0.25, -0.2) is 9.67 Å². The Bertz CT molecular complexity index is 523. The molecule has 2 unspecified atom stereocenters. The van der Waals surface area contributed by atoms with Crippen molar-refractivity contribution in [3.8, 4) is 0 Å². The summed E-state index contributed by atoms with van der Waals surface area (Å²) in [4.78, 5) is 4.21. The fourth-order valence-electron chi connectivity index (χ4n) is 2.07. The van der Waals surface area contributed by atoms with Gasteiger partial charge >= 0.3 is 0 Å². The molecule has 0 saturated carbocycles. The van der Waals surface area contributed by atoms with E-state index in [9.17, 15) is 5.11 Å². The molecule has 1 heterocycles. The van der Waals surface area contributed by atoms with Gasteiger partial charge in [0.15, 0.2) is 0 Å². The molecule has 0 aliphatic rings. The van der Waals surface area contributed by atoms with Gasteiger partial charge in [-0.05, 0) is 25.8 Å². The van der Waals surface area contributed by atoms with E-state index in [-0.39, 0.29) is 6.04 Å². The van der Waals surface area contributed by atoms with Crippen molar-refractivity contribution in [1.29, 1.82) is 0 Å². The fraction of sp³-hybridized carbons (Fsp3) is 0.429. The summed E-state index contributed by atoms with van der Waals surface area (Å²) in [5.41, 5.74) is 7.17. The number of aliphatic hydroxyl groups is 1. The van der Waals surface area contributed by atoms with Gasteiger partial charge in [0.2, 0.25) is 0 Å². The molecule has 0 amide bonds. The molecule has 0 aliphatic heterocycles. The summed E-state index contributed by atoms with van der Waals surface area (Å²) in [5.74, 6) is 1.50. The van der Waals surface area contributed by atoms with Crippen LogP contribution in [0.4, 0.5) is 0 Å². The molecule has 2 aromatic rings. The molecule has 5 heteroatoms. The van der Waals surface area contributed by atoms with Gasteiger partial charge in [-0.2, -0.15) is 5.10 Å². The van der Waals surface area contributed by atoms with Crippen molar-refractivity contribution in [3.63, 3.8) is 0 Å². The van der Waals surface area contributed by atoms with Gasteiger partial charge in [-0.3, -0.25) is 0 Å². The van der Waals surface area contributed by atoms with Gasteiger partial charge in [-0.1, -0.05) is 30.3 Å². The van der Waals surface area contributed by atoms with Gasteiger partial charge in [0, 0.05) is 6.04 Å². The number of aryl methyl sites for hydroxylation is 2. The molecule has 0 aliphatic carbocycles. The maximum Gasteiger partial charge on any atom is 0.147 e. The molecule has 1 aromatic carbocycles. The summed E-state index contributed by atoms with van der Waals surface area (Å²) in [6.45, 7) is 4.08. The summed E-state index contributed by atoms with van der Waals surface area (Å²) in [6, 6.07) is 9.62. The minimum atomic E-state index is -0.639. The molecule has 0 bridgehead atoms. The summed E-state index contributed by atoms with van der Waals surface area (Å²) >= 11 is 0. The van der Waals surface area contributed by atoms with E-state index in [4.69, 9.17) is 5.73 Å². The molecule has 0 saturated heterocycles. The smallest absolute Gasteiger partial charge is 0.147 e. The van der Waals surface area contributed by atoms with Crippen molar-refractivity contribution >= 4 is 0 Å². The lowest BCUT2D eigenvalue weighted by Gasteiger charge is -2.19. The second-order valence-corrected chi connectivity index (χ2v) is 4.81. The lowest BCUT2D eigenvalue weighted by molar-refractivity contribution is 0.120. The highest BCUT2D eigenvalue weighted by atomic mass is 16.3. The third-order valence-electron chi connectivity index (χ3n) is 3.13. The van der Waals surface area contributed by atoms with E-state index in [1.54, 1.807) is 4.68 Å². The number of aromatic nitrogens is 3. The van der Waals surface area contributed by atoms with Gasteiger partial charge in [0.25, 0.3) is 0 Å². The summed E-state index contributed by atoms with van der Waals surface area (Å²) < 4.78 is 1.70. The van der Waals surface area contributed by atoms with Crippen LogP contribution >= 0.6 is 0 Å². The van der Waals surface area contributed by atoms with Crippen LogP contribution in [-0.4, -0.2) is 32.0 Å². The van der Waals surface area contributed by atoms with E-state index in [2.05, 4.69) is 10.1 Å². The molecule has 2 rings (SSSR count). The zero-order valence-corrected chi connectivity index (χ0v) is 11.3. The molecule has 102 valence electrons. The summed E-state index contributed by atoms with van der Waals surface area (Å²) in [7, 11) is 0. The van der Waals surface area contributed by atoms with Crippen molar-refractivity contribution in [2.45, 2.75) is 39.0 Å². The molecule has 0 radical (unpaired) electrons. The van der Waals surface area contributed by atoms with Crippen LogP contribution in [0.1, 0.15) is 17.2 Å². The number of aliphatic hydroxyl groups excluding tert-OH is 1. The quantitative estimate of drug-likeness (QED) is 0.834. The minimum Gasteiger partial charge on any atom is -0.390 e. The van der Waals surface area contributed by atoms with Gasteiger partial charge in [0.05, 0.1) is 12.6 Å². The first kappa shape index (κ1) is 13.7. The molecular formula is C14H20N4O. The van der Waals surface area contributed by atoms with Crippen molar-refractivity contribution < 1.29 is 5.11 Å². The molecule has 0 fully saturated rings. The topological polar surface area (TPSA) is 77.0 Å². The fourth-order valence-corrected chi connectivity index (χ4v) is 2.07. The SMILES string of the molecule is Cc1nc(C)n(CC(O)C(N)Cc2ccccc2)n1. The Balaban J connectivity index is 1.96. The first-order valence-corrected chi connectivity index (χ1v) is 6.42. The van der Waals surface area contributed by atoms with E-state index in [1.165, 1.54) is 0 Å². The highest BCUT2D eigenvalue weighted by Crippen LogP contribution is 2.07. The molecule has 19 heavy (non-hydrogen) atoms. The number of rotatable bonds is 5. The molecule has 3 N–H and O–H groups in total. The van der Waals surface area contributed by atoms with Crippen molar-refractivity contribution in [2.24, 2.45) is 5.73 Å². The number of benzene rings is 1. The Morgan fingerprint density at radius 1 is 1.26 bits per heavy atom. The number of hydrogen-bond acceptors (Lipinski definition) is 4. The Morgan fingerprint density at radius 2 is 1.95 bits per heavy atom. The van der Waals surface area contributed by atoms with E-state index in [0.29, 0.717) is 18.8 Å². The lowest BCUT2D eigenvalue weighted by Crippen LogP contribution is -2.39. The van der Waals surface area contributed by atoms with Crippen LogP contribution in [0.25, 0.3) is 0 Å². The molecule has 0 spiro atoms. The average Bonchev–Trinajstić information content (AvgIpc) is 2.69. The second-order valence-electron chi connectivity index (χ2n) is 4.81. The first-order valence-electron chi connectivity index (χ1n) is 6.42. The van der Waals surface area contributed by atoms with Crippen LogP contribution in [0.2, 0.25) is 0 Å². The number of nitrogens with zero attached hydrogens (tertiary/aromatic N) is 3. The van der Waals surface area contributed by atoms with Crippen molar-refractivity contribution in [1.82, 2.24) is 14.8 Å². The van der Waals surface area contributed by atoms with Gasteiger partial charge in [-0.15, -0.1) is 0 Å². The molecule has 1 aromatic heterocycles. The Labute approximate surface area is 113 Å². The van der Waals surface area contributed by atoms with Crippen LogP contribution in [0, 0.1) is 13.8 Å². The summed E-state index contributed by atoms with van der Waals surface area (Å²) in [6.07, 6.45) is 0.00867. The first-order chi connectivity index (χ1) is 9.06. The van der Waals surface area contributed by atoms with Gasteiger partial charge < -0.3 is 10.8 Å². The molecule has 2 atom stereocenters. The highest BCUT2D eigenvalue weighted by Gasteiger charge is 2.17. The largest absolute Gasteiger partial charge is 0.390 e. The predicted octanol–water partition coefficient (Wildman–Crippen LogP) is 0.826. The second kappa shape index (κ2) is 5.95. The monoisotopic (exact) mass is 260 g/mol. The van der Waals surface area contributed by atoms with E-state index in [1.807, 2.05) is 44.2 Å². The maximum absolute atomic E-state index is 10.2. The Morgan fingerprint density at radius 3 is 2.53 bits per heavy atom. The minimum absolute atomic E-state index is 0.314. The molecular weight excluding hydrogens is 240 g/mol. The van der Waals surface area contributed by atoms with Crippen LogP contribution < -0.4 is 5.73 Å². The van der Waals surface area contributed by atoms with Crippen molar-refractivity contribution in [2.75, 3.05) is 0 Å².